The van der Waals surface area contributed by atoms with Crippen LogP contribution in [0.4, 0.5) is 5.69 Å². The van der Waals surface area contributed by atoms with Gasteiger partial charge in [0.2, 0.25) is 0 Å². The monoisotopic (exact) mass is 441 g/mol. The molecule has 0 amide bonds. The molecule has 0 heterocycles. The smallest absolute Gasteiger partial charge is 0.335 e. The molecule has 3 aromatic rings. The Morgan fingerprint density at radius 3 is 1.88 bits per heavy atom. The first-order valence-corrected chi connectivity index (χ1v) is 11.8. The van der Waals surface area contributed by atoms with Crippen molar-refractivity contribution in [3.05, 3.63) is 100 Å². The molecule has 0 bridgehead atoms. The maximum absolute atomic E-state index is 11.3. The molecule has 0 aliphatic heterocycles. The molecule has 0 saturated heterocycles. The van der Waals surface area contributed by atoms with Gasteiger partial charge in [-0.3, -0.25) is 0 Å². The van der Waals surface area contributed by atoms with Crippen LogP contribution in [0.15, 0.2) is 66.7 Å². The largest absolute Gasteiger partial charge is 0.478 e. The Morgan fingerprint density at radius 2 is 1.33 bits per heavy atom. The van der Waals surface area contributed by atoms with Gasteiger partial charge in [0.05, 0.1) is 5.56 Å². The van der Waals surface area contributed by atoms with Gasteiger partial charge in [0, 0.05) is 18.8 Å². The molecule has 4 rings (SSSR count). The summed E-state index contributed by atoms with van der Waals surface area (Å²) < 4.78 is 0. The lowest BCUT2D eigenvalue weighted by Gasteiger charge is -2.43. The Labute approximate surface area is 198 Å². The van der Waals surface area contributed by atoms with Gasteiger partial charge in [-0.15, -0.1) is 0 Å². The van der Waals surface area contributed by atoms with E-state index in [2.05, 4.69) is 75.9 Å². The summed E-state index contributed by atoms with van der Waals surface area (Å²) in [6, 6.07) is 22.7. The molecular weight excluding hydrogens is 406 g/mol. The number of hydrogen-bond donors (Lipinski definition) is 1. The van der Waals surface area contributed by atoms with Crippen LogP contribution in [0.5, 0.6) is 0 Å². The molecular formula is C30H35NO2. The summed E-state index contributed by atoms with van der Waals surface area (Å²) in [5.41, 5.74) is 8.50. The molecule has 3 nitrogen and oxygen atoms in total. The van der Waals surface area contributed by atoms with Crippen molar-refractivity contribution >= 4 is 11.7 Å². The zero-order chi connectivity index (χ0) is 23.8. The molecule has 0 aromatic heterocycles. The van der Waals surface area contributed by atoms with Crippen molar-refractivity contribution in [1.82, 2.24) is 0 Å². The van der Waals surface area contributed by atoms with Crippen LogP contribution in [-0.2, 0) is 23.9 Å². The third-order valence-corrected chi connectivity index (χ3v) is 7.30. The number of aromatic carboxylic acids is 1. The van der Waals surface area contributed by atoms with E-state index in [1.54, 1.807) is 12.1 Å². The van der Waals surface area contributed by atoms with Gasteiger partial charge in [-0.05, 0) is 76.6 Å². The van der Waals surface area contributed by atoms with Crippen LogP contribution in [0.2, 0.25) is 0 Å². The molecule has 0 atom stereocenters. The van der Waals surface area contributed by atoms with E-state index < -0.39 is 5.97 Å². The van der Waals surface area contributed by atoms with Gasteiger partial charge < -0.3 is 10.0 Å². The highest BCUT2D eigenvalue weighted by Crippen LogP contribution is 2.47. The van der Waals surface area contributed by atoms with E-state index in [4.69, 9.17) is 0 Å². The lowest BCUT2D eigenvalue weighted by Crippen LogP contribution is -2.34. The Balaban J connectivity index is 1.77. The number of carbonyl (C=O) groups is 1. The molecule has 0 unspecified atom stereocenters. The van der Waals surface area contributed by atoms with E-state index in [9.17, 15) is 9.90 Å². The van der Waals surface area contributed by atoms with Gasteiger partial charge in [0.15, 0.2) is 0 Å². The topological polar surface area (TPSA) is 40.5 Å². The summed E-state index contributed by atoms with van der Waals surface area (Å²) in [5.74, 6) is -0.891. The summed E-state index contributed by atoms with van der Waals surface area (Å²) in [5, 5.41) is 9.26. The number of hydrogen-bond acceptors (Lipinski definition) is 2. The number of nitrogens with zero attached hydrogens (tertiary/aromatic N) is 1. The minimum atomic E-state index is -0.891. The third-order valence-electron chi connectivity index (χ3n) is 7.30. The van der Waals surface area contributed by atoms with Crippen molar-refractivity contribution in [2.24, 2.45) is 0 Å². The first-order chi connectivity index (χ1) is 15.6. The first kappa shape index (κ1) is 23.1. The normalized spacial score (nSPS) is 16.2. The van der Waals surface area contributed by atoms with Gasteiger partial charge in [0.25, 0.3) is 0 Å². The first-order valence-electron chi connectivity index (χ1n) is 11.8. The summed E-state index contributed by atoms with van der Waals surface area (Å²) in [4.78, 5) is 13.7. The fraction of sp³-hybridized carbons (Fsp3) is 0.367. The minimum Gasteiger partial charge on any atom is -0.478 e. The van der Waals surface area contributed by atoms with Crippen LogP contribution in [0.1, 0.15) is 78.7 Å². The maximum Gasteiger partial charge on any atom is 0.335 e. The zero-order valence-electron chi connectivity index (χ0n) is 20.5. The average molecular weight is 442 g/mol. The lowest BCUT2D eigenvalue weighted by molar-refractivity contribution is 0.0697. The Bertz CT molecular complexity index is 1140. The maximum atomic E-state index is 11.3. The molecule has 0 saturated carbocycles. The van der Waals surface area contributed by atoms with E-state index >= 15 is 0 Å². The minimum absolute atomic E-state index is 0.148. The number of benzene rings is 3. The summed E-state index contributed by atoms with van der Waals surface area (Å²) >= 11 is 0. The highest BCUT2D eigenvalue weighted by Gasteiger charge is 2.37. The van der Waals surface area contributed by atoms with Crippen LogP contribution in [0.25, 0.3) is 0 Å². The second kappa shape index (κ2) is 8.70. The standard InChI is InChI=1S/C30H35NO2/c1-21-17-25-26(30(4,5)16-15-29(25,2)3)18-27(21)31(19-22-9-7-6-8-10-22)20-23-11-13-24(14-12-23)28(32)33/h6-14,17-18H,15-16,19-20H2,1-5H3,(H,32,33). The van der Waals surface area contributed by atoms with Gasteiger partial charge in [0.1, 0.15) is 0 Å². The Morgan fingerprint density at radius 1 is 0.818 bits per heavy atom. The number of carboxylic acids is 1. The highest BCUT2D eigenvalue weighted by molar-refractivity contribution is 5.87. The number of rotatable bonds is 6. The quantitative estimate of drug-likeness (QED) is 0.438. The van der Waals surface area contributed by atoms with Crippen molar-refractivity contribution in [2.45, 2.75) is 71.4 Å². The Kier molecular flexibility index (Phi) is 6.09. The van der Waals surface area contributed by atoms with Crippen molar-refractivity contribution < 1.29 is 9.90 Å². The molecule has 3 heteroatoms. The second-order valence-electron chi connectivity index (χ2n) is 10.8. The molecule has 0 fully saturated rings. The number of carboxylic acid groups (broad SMARTS) is 1. The predicted octanol–water partition coefficient (Wildman–Crippen LogP) is 7.25. The van der Waals surface area contributed by atoms with E-state index in [1.807, 2.05) is 18.2 Å². The van der Waals surface area contributed by atoms with E-state index in [0.29, 0.717) is 5.56 Å². The van der Waals surface area contributed by atoms with Crippen molar-refractivity contribution in [1.29, 1.82) is 0 Å². The highest BCUT2D eigenvalue weighted by atomic mass is 16.4. The van der Waals surface area contributed by atoms with Gasteiger partial charge in [-0.2, -0.15) is 0 Å². The average Bonchev–Trinajstić information content (AvgIpc) is 2.77. The molecule has 0 spiro atoms. The Hall–Kier alpha value is -3.07. The van der Waals surface area contributed by atoms with E-state index in [-0.39, 0.29) is 10.8 Å². The van der Waals surface area contributed by atoms with Gasteiger partial charge in [-0.1, -0.05) is 76.2 Å². The van der Waals surface area contributed by atoms with Crippen LogP contribution in [0, 0.1) is 6.92 Å². The third kappa shape index (κ3) is 4.83. The second-order valence-corrected chi connectivity index (χ2v) is 10.8. The molecule has 1 aliphatic carbocycles. The van der Waals surface area contributed by atoms with E-state index in [0.717, 1.165) is 18.7 Å². The zero-order valence-corrected chi connectivity index (χ0v) is 20.5. The molecule has 1 N–H and O–H groups in total. The van der Waals surface area contributed by atoms with Gasteiger partial charge >= 0.3 is 5.97 Å². The van der Waals surface area contributed by atoms with Crippen LogP contribution in [-0.4, -0.2) is 11.1 Å². The van der Waals surface area contributed by atoms with Crippen molar-refractivity contribution in [3.8, 4) is 0 Å². The van der Waals surface area contributed by atoms with Crippen LogP contribution in [0.3, 0.4) is 0 Å². The molecule has 172 valence electrons. The molecule has 33 heavy (non-hydrogen) atoms. The molecule has 3 aromatic carbocycles. The van der Waals surface area contributed by atoms with Crippen LogP contribution < -0.4 is 4.90 Å². The summed E-state index contributed by atoms with van der Waals surface area (Å²) in [6.07, 6.45) is 2.39. The lowest BCUT2D eigenvalue weighted by atomic mass is 9.63. The van der Waals surface area contributed by atoms with Crippen molar-refractivity contribution in [3.63, 3.8) is 0 Å². The van der Waals surface area contributed by atoms with Crippen LogP contribution >= 0.6 is 0 Å². The predicted molar refractivity (Wildman–Crippen MR) is 136 cm³/mol. The number of anilines is 1. The summed E-state index contributed by atoms with van der Waals surface area (Å²) in [6.45, 7) is 13.2. The fourth-order valence-corrected chi connectivity index (χ4v) is 5.05. The number of aryl methyl sites for hydroxylation is 1. The summed E-state index contributed by atoms with van der Waals surface area (Å²) in [7, 11) is 0. The molecule has 1 aliphatic rings. The SMILES string of the molecule is Cc1cc2c(cc1N(Cc1ccccc1)Cc1ccc(C(=O)O)cc1)C(C)(C)CCC2(C)C. The number of fused-ring (bicyclic) bond motifs is 1. The molecule has 0 radical (unpaired) electrons. The fourth-order valence-electron chi connectivity index (χ4n) is 5.05. The van der Waals surface area contributed by atoms with Crippen molar-refractivity contribution in [2.75, 3.05) is 4.90 Å². The van der Waals surface area contributed by atoms with E-state index in [1.165, 1.54) is 40.8 Å². The van der Waals surface area contributed by atoms with Gasteiger partial charge in [-0.25, -0.2) is 4.79 Å².